The molecule has 1 aromatic carbocycles. The molecule has 6 heteroatoms. The van der Waals surface area contributed by atoms with Crippen LogP contribution in [0.4, 0.5) is 0 Å². The number of ether oxygens (including phenoxy) is 2. The van der Waals surface area contributed by atoms with Crippen LogP contribution in [0.25, 0.3) is 11.0 Å². The van der Waals surface area contributed by atoms with E-state index in [1.54, 1.807) is 31.2 Å². The van der Waals surface area contributed by atoms with Crippen LogP contribution >= 0.6 is 0 Å². The standard InChI is InChI=1S/C20H20O6/c1-5-23-19(22)16-13-11-12(25-18(21)15-7-6-10-24-15)8-9-14(13)26-17(16)20(2,3)4/h6-11H,5H2,1-4H3. The molecular formula is C20H20O6. The van der Waals surface area contributed by atoms with Gasteiger partial charge in [0.1, 0.15) is 22.7 Å². The van der Waals surface area contributed by atoms with Crippen molar-refractivity contribution in [2.75, 3.05) is 6.61 Å². The Balaban J connectivity index is 2.06. The normalized spacial score (nSPS) is 11.5. The van der Waals surface area contributed by atoms with Crippen LogP contribution in [0.15, 0.2) is 45.4 Å². The molecule has 0 unspecified atom stereocenters. The second kappa shape index (κ2) is 6.71. The van der Waals surface area contributed by atoms with E-state index in [0.29, 0.717) is 22.3 Å². The average Bonchev–Trinajstić information content (AvgIpc) is 3.22. The molecule has 2 aromatic heterocycles. The first-order chi connectivity index (χ1) is 12.3. The van der Waals surface area contributed by atoms with E-state index in [4.69, 9.17) is 18.3 Å². The molecule has 0 N–H and O–H groups in total. The maximum Gasteiger partial charge on any atom is 0.379 e. The van der Waals surface area contributed by atoms with E-state index in [0.717, 1.165) is 0 Å². The highest BCUT2D eigenvalue weighted by Gasteiger charge is 2.30. The van der Waals surface area contributed by atoms with Gasteiger partial charge in [-0.2, -0.15) is 0 Å². The van der Waals surface area contributed by atoms with Gasteiger partial charge in [-0.15, -0.1) is 0 Å². The van der Waals surface area contributed by atoms with Crippen LogP contribution < -0.4 is 4.74 Å². The topological polar surface area (TPSA) is 78.9 Å². The summed E-state index contributed by atoms with van der Waals surface area (Å²) < 4.78 is 21.5. The number of rotatable bonds is 4. The summed E-state index contributed by atoms with van der Waals surface area (Å²) in [6, 6.07) is 7.98. The van der Waals surface area contributed by atoms with Gasteiger partial charge in [0.15, 0.2) is 0 Å². The van der Waals surface area contributed by atoms with Crippen molar-refractivity contribution >= 4 is 22.9 Å². The first-order valence-corrected chi connectivity index (χ1v) is 8.31. The summed E-state index contributed by atoms with van der Waals surface area (Å²) in [6.07, 6.45) is 1.39. The minimum atomic E-state index is -0.619. The number of hydrogen-bond donors (Lipinski definition) is 0. The van der Waals surface area contributed by atoms with Crippen molar-refractivity contribution in [1.29, 1.82) is 0 Å². The van der Waals surface area contributed by atoms with Crippen LogP contribution in [0.5, 0.6) is 5.75 Å². The van der Waals surface area contributed by atoms with Crippen LogP contribution in [0, 0.1) is 0 Å². The Morgan fingerprint density at radius 3 is 2.50 bits per heavy atom. The lowest BCUT2D eigenvalue weighted by atomic mass is 9.89. The Hall–Kier alpha value is -3.02. The summed E-state index contributed by atoms with van der Waals surface area (Å²) in [4.78, 5) is 24.6. The predicted octanol–water partition coefficient (Wildman–Crippen LogP) is 4.72. The van der Waals surface area contributed by atoms with Gasteiger partial charge in [-0.3, -0.25) is 0 Å². The fourth-order valence-electron chi connectivity index (χ4n) is 2.63. The number of benzene rings is 1. The molecule has 0 bridgehead atoms. The number of hydrogen-bond acceptors (Lipinski definition) is 6. The summed E-state index contributed by atoms with van der Waals surface area (Å²) in [6.45, 7) is 7.84. The summed E-state index contributed by atoms with van der Waals surface area (Å²) in [5, 5.41) is 0.540. The van der Waals surface area contributed by atoms with Gasteiger partial charge < -0.3 is 18.3 Å². The fourth-order valence-corrected chi connectivity index (χ4v) is 2.63. The number of esters is 2. The molecule has 0 atom stereocenters. The molecule has 0 aliphatic heterocycles. The molecule has 3 aromatic rings. The smallest absolute Gasteiger partial charge is 0.379 e. The van der Waals surface area contributed by atoms with Crippen molar-refractivity contribution < 1.29 is 27.9 Å². The maximum absolute atomic E-state index is 12.5. The monoisotopic (exact) mass is 356 g/mol. The third kappa shape index (κ3) is 3.35. The van der Waals surface area contributed by atoms with E-state index in [2.05, 4.69) is 0 Å². The highest BCUT2D eigenvalue weighted by molar-refractivity contribution is 6.05. The van der Waals surface area contributed by atoms with E-state index in [1.165, 1.54) is 12.3 Å². The van der Waals surface area contributed by atoms with Crippen LogP contribution in [0.3, 0.4) is 0 Å². The molecule has 2 heterocycles. The minimum Gasteiger partial charge on any atom is -0.462 e. The summed E-state index contributed by atoms with van der Waals surface area (Å²) >= 11 is 0. The molecule has 6 nitrogen and oxygen atoms in total. The first-order valence-electron chi connectivity index (χ1n) is 8.31. The molecule has 136 valence electrons. The third-order valence-electron chi connectivity index (χ3n) is 3.75. The zero-order valence-electron chi connectivity index (χ0n) is 15.1. The summed E-state index contributed by atoms with van der Waals surface area (Å²) in [5.74, 6) is -0.179. The molecule has 0 aliphatic rings. The number of carbonyl (C=O) groups is 2. The van der Waals surface area contributed by atoms with Crippen molar-refractivity contribution in [3.63, 3.8) is 0 Å². The SMILES string of the molecule is CCOC(=O)c1c(C(C)(C)C)oc2ccc(OC(=O)c3ccco3)cc12. The maximum atomic E-state index is 12.5. The Morgan fingerprint density at radius 2 is 1.88 bits per heavy atom. The summed E-state index contributed by atoms with van der Waals surface area (Å²) in [5.41, 5.74) is 0.479. The molecule has 0 fully saturated rings. The van der Waals surface area contributed by atoms with Crippen LogP contribution in [-0.4, -0.2) is 18.5 Å². The lowest BCUT2D eigenvalue weighted by Crippen LogP contribution is -2.16. The van der Waals surface area contributed by atoms with E-state index in [9.17, 15) is 9.59 Å². The van der Waals surface area contributed by atoms with Crippen LogP contribution in [0.2, 0.25) is 0 Å². The second-order valence-electron chi connectivity index (χ2n) is 6.80. The Labute approximate surface area is 150 Å². The molecule has 0 amide bonds. The number of carbonyl (C=O) groups excluding carboxylic acids is 2. The first kappa shape index (κ1) is 17.8. The average molecular weight is 356 g/mol. The van der Waals surface area contributed by atoms with Gasteiger partial charge in [-0.25, -0.2) is 9.59 Å². The minimum absolute atomic E-state index is 0.0956. The number of furan rings is 2. The molecule has 0 aliphatic carbocycles. The van der Waals surface area contributed by atoms with Crippen molar-refractivity contribution in [3.05, 3.63) is 53.7 Å². The molecule has 26 heavy (non-hydrogen) atoms. The van der Waals surface area contributed by atoms with Crippen molar-refractivity contribution in [1.82, 2.24) is 0 Å². The van der Waals surface area contributed by atoms with E-state index < -0.39 is 17.4 Å². The van der Waals surface area contributed by atoms with E-state index in [-0.39, 0.29) is 18.1 Å². The van der Waals surface area contributed by atoms with Gasteiger partial charge in [0.2, 0.25) is 5.76 Å². The second-order valence-corrected chi connectivity index (χ2v) is 6.80. The highest BCUT2D eigenvalue weighted by Crippen LogP contribution is 2.36. The Kier molecular flexibility index (Phi) is 4.59. The number of fused-ring (bicyclic) bond motifs is 1. The summed E-state index contributed by atoms with van der Waals surface area (Å²) in [7, 11) is 0. The van der Waals surface area contributed by atoms with Gasteiger partial charge in [-0.05, 0) is 37.3 Å². The van der Waals surface area contributed by atoms with Crippen molar-refractivity contribution in [2.24, 2.45) is 0 Å². The highest BCUT2D eigenvalue weighted by atomic mass is 16.5. The molecule has 0 radical (unpaired) electrons. The van der Waals surface area contributed by atoms with Gasteiger partial charge in [-0.1, -0.05) is 20.8 Å². The van der Waals surface area contributed by atoms with E-state index in [1.807, 2.05) is 20.8 Å². The molecule has 0 saturated carbocycles. The molecule has 3 rings (SSSR count). The largest absolute Gasteiger partial charge is 0.462 e. The van der Waals surface area contributed by atoms with E-state index >= 15 is 0 Å². The molecular weight excluding hydrogens is 336 g/mol. The lowest BCUT2D eigenvalue weighted by molar-refractivity contribution is 0.0523. The van der Waals surface area contributed by atoms with Crippen LogP contribution in [0.1, 0.15) is 54.4 Å². The lowest BCUT2D eigenvalue weighted by Gasteiger charge is -2.16. The van der Waals surface area contributed by atoms with Gasteiger partial charge in [0.05, 0.1) is 12.9 Å². The Morgan fingerprint density at radius 1 is 1.12 bits per heavy atom. The van der Waals surface area contributed by atoms with Gasteiger partial charge >= 0.3 is 11.9 Å². The quantitative estimate of drug-likeness (QED) is 0.497. The molecule has 0 spiro atoms. The van der Waals surface area contributed by atoms with Gasteiger partial charge in [0.25, 0.3) is 0 Å². The zero-order chi connectivity index (χ0) is 18.9. The van der Waals surface area contributed by atoms with Crippen molar-refractivity contribution in [3.8, 4) is 5.75 Å². The van der Waals surface area contributed by atoms with Gasteiger partial charge in [0, 0.05) is 10.8 Å². The fraction of sp³-hybridized carbons (Fsp3) is 0.300. The third-order valence-corrected chi connectivity index (χ3v) is 3.75. The predicted molar refractivity (Wildman–Crippen MR) is 94.5 cm³/mol. The zero-order valence-corrected chi connectivity index (χ0v) is 15.1. The van der Waals surface area contributed by atoms with Crippen molar-refractivity contribution in [2.45, 2.75) is 33.1 Å². The Bertz CT molecular complexity index is 941. The van der Waals surface area contributed by atoms with Crippen LogP contribution in [-0.2, 0) is 10.2 Å². The molecule has 0 saturated heterocycles.